The highest BCUT2D eigenvalue weighted by molar-refractivity contribution is 7.89. The van der Waals surface area contributed by atoms with Gasteiger partial charge in [-0.05, 0) is 49.9 Å². The third-order valence-corrected chi connectivity index (χ3v) is 5.30. The van der Waals surface area contributed by atoms with Crippen LogP contribution in [-0.4, -0.2) is 27.0 Å². The van der Waals surface area contributed by atoms with E-state index in [2.05, 4.69) is 30.8 Å². The van der Waals surface area contributed by atoms with E-state index in [1.807, 2.05) is 12.1 Å². The number of hydrogen-bond acceptors (Lipinski definition) is 3. The zero-order valence-corrected chi connectivity index (χ0v) is 13.2. The number of piperidine rings is 1. The van der Waals surface area contributed by atoms with E-state index in [0.717, 1.165) is 24.9 Å². The number of sulfonamides is 1. The molecule has 0 spiro atoms. The molecule has 5 heteroatoms. The molecule has 1 saturated heterocycles. The van der Waals surface area contributed by atoms with Gasteiger partial charge in [-0.3, -0.25) is 0 Å². The predicted molar refractivity (Wildman–Crippen MR) is 81.3 cm³/mol. The lowest BCUT2D eigenvalue weighted by Crippen LogP contribution is -2.46. The number of rotatable bonds is 4. The van der Waals surface area contributed by atoms with Crippen molar-refractivity contribution in [3.8, 4) is 0 Å². The van der Waals surface area contributed by atoms with E-state index in [0.29, 0.717) is 16.9 Å². The van der Waals surface area contributed by atoms with Gasteiger partial charge in [0.1, 0.15) is 0 Å². The molecular formula is C15H24N2O2S. The summed E-state index contributed by atoms with van der Waals surface area (Å²) in [4.78, 5) is 0.370. The van der Waals surface area contributed by atoms with Crippen molar-refractivity contribution in [1.82, 2.24) is 10.0 Å². The lowest BCUT2D eigenvalue weighted by molar-refractivity contribution is 0.361. The molecule has 2 atom stereocenters. The minimum Gasteiger partial charge on any atom is -0.314 e. The monoisotopic (exact) mass is 296 g/mol. The van der Waals surface area contributed by atoms with Crippen LogP contribution in [0.1, 0.15) is 45.1 Å². The van der Waals surface area contributed by atoms with Gasteiger partial charge in [0.15, 0.2) is 0 Å². The highest BCUT2D eigenvalue weighted by Crippen LogP contribution is 2.20. The Hall–Kier alpha value is -0.910. The minimum absolute atomic E-state index is 0.0268. The Balaban J connectivity index is 2.15. The fourth-order valence-corrected chi connectivity index (χ4v) is 3.91. The maximum atomic E-state index is 12.5. The van der Waals surface area contributed by atoms with Crippen molar-refractivity contribution in [3.05, 3.63) is 29.8 Å². The fraction of sp³-hybridized carbons (Fsp3) is 0.600. The SMILES string of the molecule is CC1CC(NS(=O)(=O)c2cccc(C(C)C)c2)CCN1. The van der Waals surface area contributed by atoms with Gasteiger partial charge in [0, 0.05) is 12.1 Å². The Morgan fingerprint density at radius 1 is 1.35 bits per heavy atom. The van der Waals surface area contributed by atoms with Crippen molar-refractivity contribution >= 4 is 10.0 Å². The van der Waals surface area contributed by atoms with Crippen LogP contribution in [0.5, 0.6) is 0 Å². The number of hydrogen-bond donors (Lipinski definition) is 2. The number of nitrogens with one attached hydrogen (secondary N) is 2. The van der Waals surface area contributed by atoms with Crippen LogP contribution in [-0.2, 0) is 10.0 Å². The molecule has 1 aliphatic heterocycles. The van der Waals surface area contributed by atoms with Gasteiger partial charge in [0.05, 0.1) is 4.90 Å². The molecule has 1 aliphatic rings. The summed E-state index contributed by atoms with van der Waals surface area (Å²) in [6.07, 6.45) is 1.68. The molecule has 0 amide bonds. The molecule has 0 bridgehead atoms. The maximum absolute atomic E-state index is 12.5. The first kappa shape index (κ1) is 15.5. The lowest BCUT2D eigenvalue weighted by atomic mass is 10.0. The average Bonchev–Trinajstić information content (AvgIpc) is 2.38. The van der Waals surface area contributed by atoms with Crippen molar-refractivity contribution in [2.24, 2.45) is 0 Å². The molecular weight excluding hydrogens is 272 g/mol. The molecule has 0 saturated carbocycles. The standard InChI is InChI=1S/C15H24N2O2S/c1-11(2)13-5-4-6-15(10-13)20(18,19)17-14-7-8-16-12(3)9-14/h4-6,10-12,14,16-17H,7-9H2,1-3H3. The molecule has 1 aromatic rings. The second-order valence-electron chi connectivity index (χ2n) is 5.92. The molecule has 0 aliphatic carbocycles. The van der Waals surface area contributed by atoms with Gasteiger partial charge >= 0.3 is 0 Å². The summed E-state index contributed by atoms with van der Waals surface area (Å²) >= 11 is 0. The fourth-order valence-electron chi connectivity index (χ4n) is 2.57. The van der Waals surface area contributed by atoms with Crippen LogP contribution in [0.4, 0.5) is 0 Å². The zero-order chi connectivity index (χ0) is 14.8. The molecule has 20 heavy (non-hydrogen) atoms. The van der Waals surface area contributed by atoms with Crippen LogP contribution >= 0.6 is 0 Å². The highest BCUT2D eigenvalue weighted by atomic mass is 32.2. The van der Waals surface area contributed by atoms with E-state index in [1.165, 1.54) is 0 Å². The molecule has 1 heterocycles. The van der Waals surface area contributed by atoms with E-state index in [4.69, 9.17) is 0 Å². The Morgan fingerprint density at radius 2 is 2.10 bits per heavy atom. The second-order valence-corrected chi connectivity index (χ2v) is 7.64. The topological polar surface area (TPSA) is 58.2 Å². The van der Waals surface area contributed by atoms with E-state index in [-0.39, 0.29) is 6.04 Å². The Morgan fingerprint density at radius 3 is 2.75 bits per heavy atom. The van der Waals surface area contributed by atoms with Crippen LogP contribution in [0, 0.1) is 0 Å². The first-order valence-electron chi connectivity index (χ1n) is 7.24. The molecule has 1 aromatic carbocycles. The average molecular weight is 296 g/mol. The van der Waals surface area contributed by atoms with Crippen molar-refractivity contribution in [3.63, 3.8) is 0 Å². The van der Waals surface area contributed by atoms with Crippen molar-refractivity contribution in [2.75, 3.05) is 6.54 Å². The Labute approximate surface area is 122 Å². The first-order chi connectivity index (χ1) is 9.38. The van der Waals surface area contributed by atoms with E-state index >= 15 is 0 Å². The predicted octanol–water partition coefficient (Wildman–Crippen LogP) is 2.23. The second kappa shape index (κ2) is 6.24. The quantitative estimate of drug-likeness (QED) is 0.896. The lowest BCUT2D eigenvalue weighted by Gasteiger charge is -2.28. The summed E-state index contributed by atoms with van der Waals surface area (Å²) in [6.45, 7) is 7.07. The molecule has 2 rings (SSSR count). The van der Waals surface area contributed by atoms with Crippen molar-refractivity contribution in [2.45, 2.75) is 56.5 Å². The van der Waals surface area contributed by atoms with E-state index < -0.39 is 10.0 Å². The Kier molecular flexibility index (Phi) is 4.83. The van der Waals surface area contributed by atoms with E-state index in [9.17, 15) is 8.42 Å². The summed E-state index contributed by atoms with van der Waals surface area (Å²) in [7, 11) is -3.42. The number of benzene rings is 1. The van der Waals surface area contributed by atoms with Gasteiger partial charge in [-0.25, -0.2) is 13.1 Å². The van der Waals surface area contributed by atoms with Crippen molar-refractivity contribution < 1.29 is 8.42 Å². The van der Waals surface area contributed by atoms with E-state index in [1.54, 1.807) is 12.1 Å². The summed E-state index contributed by atoms with van der Waals surface area (Å²) in [5, 5.41) is 3.33. The molecule has 0 radical (unpaired) electrons. The third-order valence-electron chi connectivity index (χ3n) is 3.78. The molecule has 2 unspecified atom stereocenters. The molecule has 112 valence electrons. The first-order valence-corrected chi connectivity index (χ1v) is 8.72. The molecule has 1 fully saturated rings. The molecule has 4 nitrogen and oxygen atoms in total. The molecule has 2 N–H and O–H groups in total. The summed E-state index contributed by atoms with van der Waals surface area (Å²) in [5.41, 5.74) is 1.05. The smallest absolute Gasteiger partial charge is 0.240 e. The summed E-state index contributed by atoms with van der Waals surface area (Å²) < 4.78 is 27.7. The van der Waals surface area contributed by atoms with Gasteiger partial charge in [-0.15, -0.1) is 0 Å². The van der Waals surface area contributed by atoms with Crippen LogP contribution in [0.25, 0.3) is 0 Å². The highest BCUT2D eigenvalue weighted by Gasteiger charge is 2.24. The van der Waals surface area contributed by atoms with Crippen molar-refractivity contribution in [1.29, 1.82) is 0 Å². The van der Waals surface area contributed by atoms with Crippen LogP contribution < -0.4 is 10.0 Å². The van der Waals surface area contributed by atoms with Gasteiger partial charge in [-0.1, -0.05) is 26.0 Å². The van der Waals surface area contributed by atoms with Crippen LogP contribution in [0.3, 0.4) is 0 Å². The van der Waals surface area contributed by atoms with Gasteiger partial charge in [-0.2, -0.15) is 0 Å². The normalized spacial score (nSPS) is 24.0. The van der Waals surface area contributed by atoms with Gasteiger partial charge in [0.25, 0.3) is 0 Å². The van der Waals surface area contributed by atoms with Crippen LogP contribution in [0.15, 0.2) is 29.2 Å². The maximum Gasteiger partial charge on any atom is 0.240 e. The summed E-state index contributed by atoms with van der Waals surface area (Å²) in [6, 6.07) is 7.61. The van der Waals surface area contributed by atoms with Crippen LogP contribution in [0.2, 0.25) is 0 Å². The zero-order valence-electron chi connectivity index (χ0n) is 12.4. The third kappa shape index (κ3) is 3.81. The minimum atomic E-state index is -3.42. The largest absolute Gasteiger partial charge is 0.314 e. The Bertz CT molecular complexity index is 555. The van der Waals surface area contributed by atoms with Gasteiger partial charge in [0.2, 0.25) is 10.0 Å². The van der Waals surface area contributed by atoms with Gasteiger partial charge < -0.3 is 5.32 Å². The molecule has 0 aromatic heterocycles. The summed E-state index contributed by atoms with van der Waals surface area (Å²) in [5.74, 6) is 0.323.